The number of benzene rings is 2. The summed E-state index contributed by atoms with van der Waals surface area (Å²) < 4.78 is 47.0. The molecule has 6 atom stereocenters. The number of nitrogens with zero attached hydrogens (tertiary/aromatic N) is 1. The first-order chi connectivity index (χ1) is 21.3. The van der Waals surface area contributed by atoms with Crippen molar-refractivity contribution in [2.24, 2.45) is 17.6 Å². The third-order valence-electron chi connectivity index (χ3n) is 8.73. The Bertz CT molecular complexity index is 1770. The van der Waals surface area contributed by atoms with Gasteiger partial charge in [-0.05, 0) is 49.8 Å². The van der Waals surface area contributed by atoms with Gasteiger partial charge >= 0.3 is 12.3 Å². The summed E-state index contributed by atoms with van der Waals surface area (Å²) in [6.45, 7) is 1.53. The zero-order valence-corrected chi connectivity index (χ0v) is 25.0. The SMILES string of the molecule is C[C@@H]1c2cccc(O)c2C(=O)C2=C(O)[C@]3(O)C(=O)C(C(N)=O)=C(O)[C@H](N(C)C)[C@@H]3[C@@H](OC(=O)Nc3ccc(Cl)cc3C(F)(F)F)[C@@H]21. The number of ketones is 2. The smallest absolute Gasteiger partial charge is 0.418 e. The van der Waals surface area contributed by atoms with Gasteiger partial charge in [0.05, 0.1) is 28.8 Å². The van der Waals surface area contributed by atoms with E-state index in [0.29, 0.717) is 6.07 Å². The van der Waals surface area contributed by atoms with Crippen molar-refractivity contribution in [1.29, 1.82) is 0 Å². The second-order valence-corrected chi connectivity index (χ2v) is 11.9. The summed E-state index contributed by atoms with van der Waals surface area (Å²) in [6.07, 6.45) is -8.35. The van der Waals surface area contributed by atoms with Gasteiger partial charge in [-0.25, -0.2) is 4.79 Å². The number of primary amides is 1. The van der Waals surface area contributed by atoms with E-state index in [1.54, 1.807) is 0 Å². The van der Waals surface area contributed by atoms with Gasteiger partial charge in [0.1, 0.15) is 28.9 Å². The molecule has 5 rings (SSSR count). The van der Waals surface area contributed by atoms with Gasteiger partial charge in [0.25, 0.3) is 5.91 Å². The predicted octanol–water partition coefficient (Wildman–Crippen LogP) is 3.58. The molecular formula is C30H27ClF3N3O9. The molecule has 3 aliphatic carbocycles. The van der Waals surface area contributed by atoms with Crippen LogP contribution in [-0.2, 0) is 20.5 Å². The molecule has 7 N–H and O–H groups in total. The first-order valence-corrected chi connectivity index (χ1v) is 14.0. The number of aromatic hydroxyl groups is 1. The summed E-state index contributed by atoms with van der Waals surface area (Å²) >= 11 is 5.74. The van der Waals surface area contributed by atoms with Gasteiger partial charge in [-0.1, -0.05) is 30.7 Å². The molecule has 0 heterocycles. The number of alkyl halides is 3. The summed E-state index contributed by atoms with van der Waals surface area (Å²) in [4.78, 5) is 54.6. The van der Waals surface area contributed by atoms with E-state index in [9.17, 15) is 52.8 Å². The Morgan fingerprint density at radius 1 is 1.11 bits per heavy atom. The van der Waals surface area contributed by atoms with Crippen LogP contribution in [0.1, 0.15) is 34.3 Å². The summed E-state index contributed by atoms with van der Waals surface area (Å²) in [5.41, 5.74) is -1.77. The summed E-state index contributed by atoms with van der Waals surface area (Å²) in [5.74, 6) is -11.0. The minimum Gasteiger partial charge on any atom is -0.510 e. The number of aliphatic hydroxyl groups excluding tert-OH is 2. The molecule has 3 aliphatic rings. The minimum atomic E-state index is -4.97. The number of amides is 2. The van der Waals surface area contributed by atoms with Crippen molar-refractivity contribution in [1.82, 2.24) is 4.90 Å². The van der Waals surface area contributed by atoms with Crippen LogP contribution >= 0.6 is 11.6 Å². The largest absolute Gasteiger partial charge is 0.510 e. The molecule has 12 nitrogen and oxygen atoms in total. The number of hydrogen-bond donors (Lipinski definition) is 6. The van der Waals surface area contributed by atoms with Crippen LogP contribution in [0.3, 0.4) is 0 Å². The number of ether oxygens (including phenoxy) is 1. The number of anilines is 1. The van der Waals surface area contributed by atoms with Crippen LogP contribution < -0.4 is 11.1 Å². The Morgan fingerprint density at radius 2 is 1.76 bits per heavy atom. The predicted molar refractivity (Wildman–Crippen MR) is 154 cm³/mol. The van der Waals surface area contributed by atoms with Crippen LogP contribution in [0.25, 0.3) is 0 Å². The van der Waals surface area contributed by atoms with Gasteiger partial charge in [-0.3, -0.25) is 24.6 Å². The van der Waals surface area contributed by atoms with Gasteiger partial charge in [-0.15, -0.1) is 0 Å². The second kappa shape index (κ2) is 11.0. The summed E-state index contributed by atoms with van der Waals surface area (Å²) in [6, 6.07) is 5.02. The Hall–Kier alpha value is -4.60. The lowest BCUT2D eigenvalue weighted by atomic mass is 9.55. The van der Waals surface area contributed by atoms with Crippen molar-refractivity contribution >= 4 is 40.9 Å². The highest BCUT2D eigenvalue weighted by atomic mass is 35.5. The molecule has 16 heteroatoms. The quantitative estimate of drug-likeness (QED) is 0.262. The van der Waals surface area contributed by atoms with E-state index >= 15 is 0 Å². The Labute approximate surface area is 263 Å². The number of halogens is 4. The zero-order chi connectivity index (χ0) is 34.2. The molecule has 0 radical (unpaired) electrons. The van der Waals surface area contributed by atoms with E-state index in [1.807, 2.05) is 5.32 Å². The first kappa shape index (κ1) is 32.8. The van der Waals surface area contributed by atoms with E-state index < -0.39 is 105 Å². The minimum absolute atomic E-state index is 0.226. The van der Waals surface area contributed by atoms with Crippen molar-refractivity contribution < 1.29 is 57.5 Å². The van der Waals surface area contributed by atoms with Crippen LogP contribution in [0.15, 0.2) is 59.1 Å². The Kier molecular flexibility index (Phi) is 7.86. The van der Waals surface area contributed by atoms with Gasteiger partial charge in [0.2, 0.25) is 5.78 Å². The van der Waals surface area contributed by atoms with E-state index in [-0.39, 0.29) is 16.1 Å². The van der Waals surface area contributed by atoms with Crippen molar-refractivity contribution in [3.8, 4) is 5.75 Å². The topological polar surface area (TPSA) is 200 Å². The van der Waals surface area contributed by atoms with E-state index in [2.05, 4.69) is 0 Å². The van der Waals surface area contributed by atoms with E-state index in [0.717, 1.165) is 12.1 Å². The van der Waals surface area contributed by atoms with Crippen LogP contribution in [0.4, 0.5) is 23.7 Å². The molecular weight excluding hydrogens is 639 g/mol. The molecule has 0 bridgehead atoms. The lowest BCUT2D eigenvalue weighted by molar-refractivity contribution is -0.162. The number of phenolic OH excluding ortho intramolecular Hbond substituents is 1. The number of Topliss-reactive ketones (excluding diaryl/α,β-unsaturated/α-hetero) is 2. The lowest BCUT2D eigenvalue weighted by Crippen LogP contribution is -2.69. The maximum absolute atomic E-state index is 13.9. The molecule has 0 spiro atoms. The number of carbonyl (C=O) groups excluding carboxylic acids is 4. The van der Waals surface area contributed by atoms with E-state index in [1.165, 1.54) is 44.1 Å². The number of carbonyl (C=O) groups is 4. The van der Waals surface area contributed by atoms with Crippen molar-refractivity contribution in [2.45, 2.75) is 36.8 Å². The number of nitrogens with two attached hydrogens (primary N) is 1. The molecule has 2 amide bonds. The number of phenols is 1. The van der Waals surface area contributed by atoms with Gasteiger partial charge in [0, 0.05) is 16.5 Å². The zero-order valence-electron chi connectivity index (χ0n) is 24.2. The lowest BCUT2D eigenvalue weighted by Gasteiger charge is -2.54. The van der Waals surface area contributed by atoms with Crippen LogP contribution in [0.2, 0.25) is 5.02 Å². The monoisotopic (exact) mass is 665 g/mol. The van der Waals surface area contributed by atoms with Gasteiger partial charge in [0.15, 0.2) is 11.4 Å². The fourth-order valence-electron chi connectivity index (χ4n) is 6.82. The van der Waals surface area contributed by atoms with Crippen LogP contribution in [-0.4, -0.2) is 80.7 Å². The standard InChI is InChI=1S/C30H27ClF3N3O9/c1-10-12-5-4-6-15(38)17(12)22(39)18-16(10)24(46-28(44)36-14-8-7-11(31)9-13(14)30(32,33)34)20-21(37(2)3)23(40)19(27(35)43)26(42)29(20,45)25(18)41/h4-10,16,20-21,24,38,40-41,45H,1-3H3,(H2,35,43)(H,36,44)/t10-,16-,20-,21-,24+,29+/m1/s1. The average molecular weight is 666 g/mol. The number of rotatable bonds is 4. The maximum atomic E-state index is 13.9. The molecule has 0 unspecified atom stereocenters. The molecule has 0 saturated carbocycles. The van der Waals surface area contributed by atoms with E-state index in [4.69, 9.17) is 22.1 Å². The number of likely N-dealkylation sites (N-methyl/N-ethyl adjacent to an activating group) is 1. The number of aliphatic hydroxyl groups is 3. The molecule has 2 aromatic rings. The third kappa shape index (κ3) is 4.77. The molecule has 46 heavy (non-hydrogen) atoms. The number of nitrogens with one attached hydrogen (secondary N) is 1. The molecule has 0 fully saturated rings. The fourth-order valence-corrected chi connectivity index (χ4v) is 6.99. The second-order valence-electron chi connectivity index (χ2n) is 11.5. The van der Waals surface area contributed by atoms with Gasteiger partial charge in [-0.2, -0.15) is 13.2 Å². The Morgan fingerprint density at radius 3 is 2.35 bits per heavy atom. The van der Waals surface area contributed by atoms with Crippen LogP contribution in [0.5, 0.6) is 5.75 Å². The highest BCUT2D eigenvalue weighted by Crippen LogP contribution is 2.56. The summed E-state index contributed by atoms with van der Waals surface area (Å²) in [5, 5.41) is 47.1. The number of fused-ring (bicyclic) bond motifs is 3. The maximum Gasteiger partial charge on any atom is 0.418 e. The average Bonchev–Trinajstić information content (AvgIpc) is 2.94. The van der Waals surface area contributed by atoms with Crippen molar-refractivity contribution in [3.05, 3.63) is 80.8 Å². The Balaban J connectivity index is 1.74. The molecule has 0 aliphatic heterocycles. The van der Waals surface area contributed by atoms with Crippen molar-refractivity contribution in [3.63, 3.8) is 0 Å². The summed E-state index contributed by atoms with van der Waals surface area (Å²) in [7, 11) is 2.71. The van der Waals surface area contributed by atoms with Gasteiger partial charge < -0.3 is 30.9 Å². The number of hydrogen-bond acceptors (Lipinski definition) is 10. The fraction of sp³-hybridized carbons (Fsp3) is 0.333. The highest BCUT2D eigenvalue weighted by Gasteiger charge is 2.68. The highest BCUT2D eigenvalue weighted by molar-refractivity contribution is 6.30. The molecule has 0 saturated heterocycles. The third-order valence-corrected chi connectivity index (χ3v) is 8.97. The van der Waals surface area contributed by atoms with Crippen LogP contribution in [0, 0.1) is 11.8 Å². The first-order valence-electron chi connectivity index (χ1n) is 13.6. The molecule has 0 aromatic heterocycles. The van der Waals surface area contributed by atoms with Crippen molar-refractivity contribution in [2.75, 3.05) is 19.4 Å². The normalized spacial score (nSPS) is 27.6. The molecule has 244 valence electrons. The molecule has 2 aromatic carbocycles.